The molecule has 3 aromatic rings. The molecule has 0 amide bonds. The first-order valence-electron chi connectivity index (χ1n) is 7.89. The number of ether oxygens (including phenoxy) is 1. The summed E-state index contributed by atoms with van der Waals surface area (Å²) in [6.45, 7) is 3.71. The summed E-state index contributed by atoms with van der Waals surface area (Å²) in [4.78, 5) is 12.3. The Morgan fingerprint density at radius 3 is 2.35 bits per heavy atom. The van der Waals surface area contributed by atoms with Crippen molar-refractivity contribution >= 4 is 0 Å². The van der Waals surface area contributed by atoms with Crippen LogP contribution >= 0.6 is 0 Å². The van der Waals surface area contributed by atoms with Gasteiger partial charge in [-0.05, 0) is 36.4 Å². The minimum atomic E-state index is -1.37. The van der Waals surface area contributed by atoms with Crippen molar-refractivity contribution in [3.05, 3.63) is 90.8 Å². The predicted octanol–water partition coefficient (Wildman–Crippen LogP) is 3.35. The van der Waals surface area contributed by atoms with E-state index >= 15 is 0 Å². The first-order chi connectivity index (χ1) is 12.7. The van der Waals surface area contributed by atoms with Gasteiger partial charge in [0.15, 0.2) is 0 Å². The summed E-state index contributed by atoms with van der Waals surface area (Å²) in [5, 5.41) is 19.9. The normalized spacial score (nSPS) is 12.6. The van der Waals surface area contributed by atoms with Crippen LogP contribution in [0.1, 0.15) is 23.2 Å². The second kappa shape index (κ2) is 7.55. The Morgan fingerprint density at radius 1 is 1.08 bits per heavy atom. The number of benzene rings is 1. The van der Waals surface area contributed by atoms with Crippen LogP contribution in [0.25, 0.3) is 0 Å². The summed E-state index contributed by atoms with van der Waals surface area (Å²) in [5.74, 6) is 1.11. The van der Waals surface area contributed by atoms with Gasteiger partial charge in [-0.15, -0.1) is 6.58 Å². The molecule has 2 aromatic heterocycles. The maximum Gasteiger partial charge on any atom is 0.145 e. The van der Waals surface area contributed by atoms with E-state index in [2.05, 4.69) is 27.6 Å². The van der Waals surface area contributed by atoms with Crippen molar-refractivity contribution in [1.29, 1.82) is 5.26 Å². The molecule has 0 saturated heterocycles. The fourth-order valence-electron chi connectivity index (χ4n) is 2.51. The molecule has 0 aliphatic heterocycles. The van der Waals surface area contributed by atoms with Gasteiger partial charge in [0.2, 0.25) is 0 Å². The van der Waals surface area contributed by atoms with E-state index in [1.807, 2.05) is 0 Å². The molecular formula is C20H16N4O2. The summed E-state index contributed by atoms with van der Waals surface area (Å²) in [5.41, 5.74) is 0.175. The van der Waals surface area contributed by atoms with Crippen molar-refractivity contribution in [2.75, 3.05) is 0 Å². The Kier molecular flexibility index (Phi) is 5.02. The molecule has 3 rings (SSSR count). The third-order valence-corrected chi connectivity index (χ3v) is 3.86. The molecule has 1 N–H and O–H groups in total. The average molecular weight is 344 g/mol. The van der Waals surface area contributed by atoms with Crippen molar-refractivity contribution in [1.82, 2.24) is 15.0 Å². The summed E-state index contributed by atoms with van der Waals surface area (Å²) in [6.07, 6.45) is 7.93. The lowest BCUT2D eigenvalue weighted by Gasteiger charge is -2.26. The van der Waals surface area contributed by atoms with Crippen LogP contribution in [0.5, 0.6) is 11.5 Å². The largest absolute Gasteiger partial charge is 0.456 e. The van der Waals surface area contributed by atoms with Crippen LogP contribution in [-0.4, -0.2) is 20.1 Å². The zero-order chi connectivity index (χ0) is 18.4. The first-order valence-corrected chi connectivity index (χ1v) is 7.89. The van der Waals surface area contributed by atoms with Crippen LogP contribution in [0, 0.1) is 11.3 Å². The van der Waals surface area contributed by atoms with Gasteiger partial charge >= 0.3 is 0 Å². The maximum absolute atomic E-state index is 11.1. The van der Waals surface area contributed by atoms with Crippen LogP contribution in [0.3, 0.4) is 0 Å². The topological polar surface area (TPSA) is 91.9 Å². The molecule has 1 unspecified atom stereocenters. The molecule has 0 radical (unpaired) electrons. The lowest BCUT2D eigenvalue weighted by Crippen LogP contribution is -2.28. The van der Waals surface area contributed by atoms with Crippen molar-refractivity contribution < 1.29 is 9.84 Å². The number of pyridine rings is 1. The van der Waals surface area contributed by atoms with E-state index in [-0.39, 0.29) is 6.42 Å². The van der Waals surface area contributed by atoms with Crippen LogP contribution in [0.15, 0.2) is 74.0 Å². The monoisotopic (exact) mass is 344 g/mol. The average Bonchev–Trinajstić information content (AvgIpc) is 2.70. The molecule has 0 bridgehead atoms. The summed E-state index contributed by atoms with van der Waals surface area (Å²) < 4.78 is 5.71. The van der Waals surface area contributed by atoms with E-state index in [0.717, 1.165) is 0 Å². The smallest absolute Gasteiger partial charge is 0.145 e. The molecule has 6 nitrogen and oxygen atoms in total. The lowest BCUT2D eigenvalue weighted by atomic mass is 9.88. The number of hydrogen-bond acceptors (Lipinski definition) is 6. The van der Waals surface area contributed by atoms with Gasteiger partial charge in [0, 0.05) is 24.4 Å². The fraction of sp³-hybridized carbons (Fsp3) is 0.100. The number of aliphatic hydroxyl groups is 1. The van der Waals surface area contributed by atoms with Crippen molar-refractivity contribution in [2.45, 2.75) is 12.0 Å². The van der Waals surface area contributed by atoms with Crippen molar-refractivity contribution in [2.24, 2.45) is 0 Å². The Balaban J connectivity index is 1.85. The molecule has 0 spiro atoms. The molecule has 26 heavy (non-hydrogen) atoms. The summed E-state index contributed by atoms with van der Waals surface area (Å²) >= 11 is 0. The van der Waals surface area contributed by atoms with Gasteiger partial charge < -0.3 is 9.84 Å². The minimum absolute atomic E-state index is 0.267. The van der Waals surface area contributed by atoms with E-state index in [0.29, 0.717) is 28.3 Å². The maximum atomic E-state index is 11.1. The van der Waals surface area contributed by atoms with Crippen molar-refractivity contribution in [3.63, 3.8) is 0 Å². The lowest BCUT2D eigenvalue weighted by molar-refractivity contribution is 0.0786. The quantitative estimate of drug-likeness (QED) is 0.690. The van der Waals surface area contributed by atoms with E-state index in [1.54, 1.807) is 54.9 Å². The Morgan fingerprint density at radius 2 is 1.77 bits per heavy atom. The van der Waals surface area contributed by atoms with Crippen LogP contribution < -0.4 is 4.74 Å². The number of nitriles is 1. The second-order valence-electron chi connectivity index (χ2n) is 5.60. The molecular weight excluding hydrogens is 328 g/mol. The minimum Gasteiger partial charge on any atom is -0.456 e. The van der Waals surface area contributed by atoms with Crippen LogP contribution in [0.4, 0.5) is 0 Å². The van der Waals surface area contributed by atoms with E-state index < -0.39 is 5.60 Å². The third kappa shape index (κ3) is 3.58. The van der Waals surface area contributed by atoms with Gasteiger partial charge in [-0.2, -0.15) is 5.26 Å². The van der Waals surface area contributed by atoms with Gasteiger partial charge in [0.25, 0.3) is 0 Å². The Bertz CT molecular complexity index is 919. The SMILES string of the molecule is C=CCC(O)(c1cncnc1)c1ccc(Oc2ccc(C#N)cc2)cn1. The van der Waals surface area contributed by atoms with Gasteiger partial charge in [0.1, 0.15) is 23.4 Å². The molecule has 0 saturated carbocycles. The molecule has 1 aromatic carbocycles. The third-order valence-electron chi connectivity index (χ3n) is 3.86. The zero-order valence-electron chi connectivity index (χ0n) is 13.9. The molecule has 128 valence electrons. The standard InChI is InChI=1S/C20H16N4O2/c1-2-9-20(25,16-11-22-14-23-12-16)19-8-7-18(13-24-19)26-17-5-3-15(10-21)4-6-17/h2-8,11-14,25H,1,9H2. The van der Waals surface area contributed by atoms with E-state index in [9.17, 15) is 5.11 Å². The Hall–Kier alpha value is -3.56. The van der Waals surface area contributed by atoms with Crippen LogP contribution in [0.2, 0.25) is 0 Å². The van der Waals surface area contributed by atoms with Gasteiger partial charge in [0.05, 0.1) is 23.5 Å². The summed E-state index contributed by atoms with van der Waals surface area (Å²) in [6, 6.07) is 12.2. The van der Waals surface area contributed by atoms with Crippen molar-refractivity contribution in [3.8, 4) is 17.6 Å². The molecule has 1 atom stereocenters. The Labute approximate surface area is 151 Å². The van der Waals surface area contributed by atoms with E-state index in [1.165, 1.54) is 12.5 Å². The van der Waals surface area contributed by atoms with Crippen LogP contribution in [-0.2, 0) is 5.60 Å². The predicted molar refractivity (Wildman–Crippen MR) is 95.3 cm³/mol. The highest BCUT2D eigenvalue weighted by Crippen LogP contribution is 2.32. The number of hydrogen-bond donors (Lipinski definition) is 1. The molecule has 0 aliphatic carbocycles. The highest BCUT2D eigenvalue weighted by Gasteiger charge is 2.32. The molecule has 0 fully saturated rings. The molecule has 2 heterocycles. The summed E-state index contributed by atoms with van der Waals surface area (Å²) in [7, 11) is 0. The van der Waals surface area contributed by atoms with Gasteiger partial charge in [-0.25, -0.2) is 9.97 Å². The van der Waals surface area contributed by atoms with E-state index in [4.69, 9.17) is 10.00 Å². The molecule has 0 aliphatic rings. The highest BCUT2D eigenvalue weighted by molar-refractivity contribution is 5.38. The second-order valence-corrected chi connectivity index (χ2v) is 5.60. The fourth-order valence-corrected chi connectivity index (χ4v) is 2.51. The number of aromatic nitrogens is 3. The number of nitrogens with zero attached hydrogens (tertiary/aromatic N) is 4. The highest BCUT2D eigenvalue weighted by atomic mass is 16.5. The molecule has 6 heteroatoms. The van der Waals surface area contributed by atoms with Gasteiger partial charge in [-0.1, -0.05) is 6.08 Å². The number of rotatable bonds is 6. The first kappa shape index (κ1) is 17.3. The van der Waals surface area contributed by atoms with Gasteiger partial charge in [-0.3, -0.25) is 4.98 Å². The zero-order valence-corrected chi connectivity index (χ0v) is 13.9.